The number of nitrogens with zero attached hydrogens (tertiary/aromatic N) is 4. The number of pyridine rings is 1. The Morgan fingerprint density at radius 1 is 1.20 bits per heavy atom. The Labute approximate surface area is 113 Å². The maximum Gasteiger partial charge on any atom is 0.417 e. The minimum atomic E-state index is -4.39. The summed E-state index contributed by atoms with van der Waals surface area (Å²) in [6.07, 6.45) is -1.26. The van der Waals surface area contributed by atoms with Gasteiger partial charge in [-0.3, -0.25) is 4.98 Å². The van der Waals surface area contributed by atoms with E-state index >= 15 is 0 Å². The van der Waals surface area contributed by atoms with E-state index in [1.165, 1.54) is 10.7 Å². The molecule has 0 saturated heterocycles. The van der Waals surface area contributed by atoms with Crippen molar-refractivity contribution in [3.63, 3.8) is 0 Å². The maximum atomic E-state index is 12.4. The van der Waals surface area contributed by atoms with Gasteiger partial charge in [-0.05, 0) is 12.1 Å². The normalized spacial score (nSPS) is 11.0. The molecule has 104 valence electrons. The Morgan fingerprint density at radius 2 is 2.00 bits per heavy atom. The van der Waals surface area contributed by atoms with Gasteiger partial charge in [0.15, 0.2) is 0 Å². The van der Waals surface area contributed by atoms with E-state index in [0.29, 0.717) is 17.9 Å². The zero-order valence-electron chi connectivity index (χ0n) is 10.6. The number of alkyl halides is 3. The Kier molecular flexibility index (Phi) is 4.03. The number of hydrogen-bond acceptors (Lipinski definition) is 3. The van der Waals surface area contributed by atoms with Gasteiger partial charge in [-0.1, -0.05) is 18.1 Å². The molecule has 0 radical (unpaired) electrons. The van der Waals surface area contributed by atoms with E-state index in [2.05, 4.69) is 27.1 Å². The third kappa shape index (κ3) is 3.35. The molecule has 20 heavy (non-hydrogen) atoms. The Morgan fingerprint density at radius 3 is 2.60 bits per heavy atom. The minimum Gasteiger partial charge on any atom is -0.254 e. The van der Waals surface area contributed by atoms with Crippen LogP contribution in [0.1, 0.15) is 18.9 Å². The second-order valence-corrected chi connectivity index (χ2v) is 3.94. The first-order valence-corrected chi connectivity index (χ1v) is 5.90. The van der Waals surface area contributed by atoms with Crippen molar-refractivity contribution < 1.29 is 13.2 Å². The molecule has 0 aliphatic rings. The molecule has 0 amide bonds. The average Bonchev–Trinajstić information content (AvgIpc) is 2.87. The van der Waals surface area contributed by atoms with Gasteiger partial charge in [-0.25, -0.2) is 4.68 Å². The summed E-state index contributed by atoms with van der Waals surface area (Å²) in [5, 5.41) is 7.70. The highest BCUT2D eigenvalue weighted by atomic mass is 19.4. The van der Waals surface area contributed by atoms with Gasteiger partial charge in [0.2, 0.25) is 0 Å². The lowest BCUT2D eigenvalue weighted by atomic mass is 10.2. The second kappa shape index (κ2) is 5.74. The van der Waals surface area contributed by atoms with Gasteiger partial charge in [-0.15, -0.1) is 11.0 Å². The highest BCUT2D eigenvalue weighted by Crippen LogP contribution is 2.29. The Hall–Kier alpha value is -2.36. The smallest absolute Gasteiger partial charge is 0.254 e. The van der Waals surface area contributed by atoms with Crippen molar-refractivity contribution in [2.75, 3.05) is 0 Å². The monoisotopic (exact) mass is 280 g/mol. The summed E-state index contributed by atoms with van der Waals surface area (Å²) >= 11 is 0. The molecule has 4 nitrogen and oxygen atoms in total. The van der Waals surface area contributed by atoms with Crippen LogP contribution in [-0.2, 0) is 12.7 Å². The van der Waals surface area contributed by atoms with E-state index in [4.69, 9.17) is 0 Å². The molecule has 7 heteroatoms. The van der Waals surface area contributed by atoms with E-state index in [0.717, 1.165) is 18.7 Å². The third-order valence-electron chi connectivity index (χ3n) is 2.43. The van der Waals surface area contributed by atoms with Crippen LogP contribution in [0.4, 0.5) is 13.2 Å². The van der Waals surface area contributed by atoms with Crippen LogP contribution >= 0.6 is 0 Å². The first kappa shape index (κ1) is 14.1. The summed E-state index contributed by atoms with van der Waals surface area (Å²) in [5.41, 5.74) is -0.0350. The van der Waals surface area contributed by atoms with Crippen molar-refractivity contribution >= 4 is 0 Å². The Bertz CT molecular complexity index is 632. The lowest BCUT2D eigenvalue weighted by molar-refractivity contribution is -0.137. The lowest BCUT2D eigenvalue weighted by Gasteiger charge is -2.05. The number of halogens is 3. The van der Waals surface area contributed by atoms with Crippen LogP contribution in [-0.4, -0.2) is 20.0 Å². The summed E-state index contributed by atoms with van der Waals surface area (Å²) in [6.45, 7) is 2.33. The minimum absolute atomic E-state index is 0.340. The SMILES string of the molecule is CCC#CCn1cc(-c2ccc(C(F)(F)F)cn2)nn1. The number of aromatic nitrogens is 4. The first-order valence-electron chi connectivity index (χ1n) is 5.90. The van der Waals surface area contributed by atoms with Crippen molar-refractivity contribution in [3.8, 4) is 23.2 Å². The first-order chi connectivity index (χ1) is 9.50. The second-order valence-electron chi connectivity index (χ2n) is 3.94. The molecule has 0 atom stereocenters. The van der Waals surface area contributed by atoms with E-state index in [1.807, 2.05) is 6.92 Å². The van der Waals surface area contributed by atoms with Gasteiger partial charge in [0, 0.05) is 12.6 Å². The van der Waals surface area contributed by atoms with Gasteiger partial charge in [0.25, 0.3) is 0 Å². The van der Waals surface area contributed by atoms with Gasteiger partial charge in [-0.2, -0.15) is 13.2 Å². The standard InChI is InChI=1S/C13H11F3N4/c1-2-3-4-7-20-9-12(18-19-20)11-6-5-10(8-17-11)13(14,15)16/h5-6,8-9H,2,7H2,1H3. The summed E-state index contributed by atoms with van der Waals surface area (Å²) < 4.78 is 38.7. The predicted molar refractivity (Wildman–Crippen MR) is 66.3 cm³/mol. The van der Waals surface area contributed by atoms with Crippen LogP contribution in [0, 0.1) is 11.8 Å². The molecule has 2 heterocycles. The summed E-state index contributed by atoms with van der Waals surface area (Å²) in [7, 11) is 0. The molecule has 0 saturated carbocycles. The molecule has 0 unspecified atom stereocenters. The van der Waals surface area contributed by atoms with Crippen LogP contribution < -0.4 is 0 Å². The lowest BCUT2D eigenvalue weighted by Crippen LogP contribution is -2.05. The van der Waals surface area contributed by atoms with E-state index in [-0.39, 0.29) is 0 Å². The molecule has 2 aromatic heterocycles. The van der Waals surface area contributed by atoms with Gasteiger partial charge in [0.1, 0.15) is 12.2 Å². The molecular formula is C13H11F3N4. The fourth-order valence-corrected chi connectivity index (χ4v) is 1.47. The molecule has 2 aromatic rings. The predicted octanol–water partition coefficient (Wildman–Crippen LogP) is 2.77. The summed E-state index contributed by atoms with van der Waals surface area (Å²) in [6, 6.07) is 2.24. The topological polar surface area (TPSA) is 43.6 Å². The summed E-state index contributed by atoms with van der Waals surface area (Å²) in [5.74, 6) is 5.78. The maximum absolute atomic E-state index is 12.4. The Balaban J connectivity index is 2.16. The molecule has 0 bridgehead atoms. The zero-order chi connectivity index (χ0) is 14.6. The van der Waals surface area contributed by atoms with Gasteiger partial charge < -0.3 is 0 Å². The molecule has 0 aromatic carbocycles. The van der Waals surface area contributed by atoms with Crippen LogP contribution in [0.25, 0.3) is 11.4 Å². The van der Waals surface area contributed by atoms with Crippen LogP contribution in [0.3, 0.4) is 0 Å². The third-order valence-corrected chi connectivity index (χ3v) is 2.43. The quantitative estimate of drug-likeness (QED) is 0.794. The van der Waals surface area contributed by atoms with E-state index < -0.39 is 11.7 Å². The van der Waals surface area contributed by atoms with Crippen molar-refractivity contribution in [1.82, 2.24) is 20.0 Å². The molecular weight excluding hydrogens is 269 g/mol. The highest BCUT2D eigenvalue weighted by molar-refractivity contribution is 5.52. The molecule has 0 fully saturated rings. The zero-order valence-corrected chi connectivity index (χ0v) is 10.6. The fourth-order valence-electron chi connectivity index (χ4n) is 1.47. The van der Waals surface area contributed by atoms with E-state index in [9.17, 15) is 13.2 Å². The van der Waals surface area contributed by atoms with Crippen molar-refractivity contribution in [2.45, 2.75) is 26.1 Å². The molecule has 0 N–H and O–H groups in total. The van der Waals surface area contributed by atoms with Crippen molar-refractivity contribution in [1.29, 1.82) is 0 Å². The largest absolute Gasteiger partial charge is 0.417 e. The molecule has 0 spiro atoms. The van der Waals surface area contributed by atoms with Crippen LogP contribution in [0.15, 0.2) is 24.5 Å². The highest BCUT2D eigenvalue weighted by Gasteiger charge is 2.30. The van der Waals surface area contributed by atoms with Gasteiger partial charge in [0.05, 0.1) is 17.5 Å². The van der Waals surface area contributed by atoms with Crippen LogP contribution in [0.5, 0.6) is 0 Å². The van der Waals surface area contributed by atoms with Gasteiger partial charge >= 0.3 is 6.18 Å². The summed E-state index contributed by atoms with van der Waals surface area (Å²) in [4.78, 5) is 3.75. The van der Waals surface area contributed by atoms with Crippen molar-refractivity contribution in [2.24, 2.45) is 0 Å². The number of rotatable bonds is 2. The average molecular weight is 280 g/mol. The van der Waals surface area contributed by atoms with Crippen LogP contribution in [0.2, 0.25) is 0 Å². The molecule has 0 aliphatic heterocycles. The molecule has 0 aliphatic carbocycles. The number of hydrogen-bond donors (Lipinski definition) is 0. The van der Waals surface area contributed by atoms with Crippen molar-refractivity contribution in [3.05, 3.63) is 30.1 Å². The van der Waals surface area contributed by atoms with E-state index in [1.54, 1.807) is 6.20 Å². The fraction of sp³-hybridized carbons (Fsp3) is 0.308. The molecule has 2 rings (SSSR count).